The van der Waals surface area contributed by atoms with Crippen molar-refractivity contribution in [1.29, 1.82) is 0 Å². The maximum atomic E-state index is 12.7. The minimum absolute atomic E-state index is 0. The van der Waals surface area contributed by atoms with E-state index in [2.05, 4.69) is 25.7 Å². The number of hydrogen-bond donors (Lipinski definition) is 2. The van der Waals surface area contributed by atoms with Gasteiger partial charge in [0.1, 0.15) is 12.4 Å². The van der Waals surface area contributed by atoms with E-state index in [9.17, 15) is 4.79 Å². The van der Waals surface area contributed by atoms with Gasteiger partial charge in [0.2, 0.25) is 0 Å². The van der Waals surface area contributed by atoms with Gasteiger partial charge >= 0.3 is 0 Å². The van der Waals surface area contributed by atoms with Gasteiger partial charge in [-0.1, -0.05) is 39.3 Å². The van der Waals surface area contributed by atoms with Crippen LogP contribution in [0.25, 0.3) is 0 Å². The van der Waals surface area contributed by atoms with Crippen LogP contribution in [0.5, 0.6) is 5.75 Å². The average Bonchev–Trinajstić information content (AvgIpc) is 3.14. The van der Waals surface area contributed by atoms with Crippen molar-refractivity contribution in [3.05, 3.63) is 41.5 Å². The number of hydrogen-bond acceptors (Lipinski definition) is 2. The molecule has 0 unspecified atom stereocenters. The Labute approximate surface area is 170 Å². The molecule has 4 nitrogen and oxygen atoms in total. The number of ether oxygens (including phenoxy) is 1. The maximum absolute atomic E-state index is 12.7. The number of quaternary nitrogens is 1. The Kier molecular flexibility index (Phi) is 11.1. The molecule has 1 aliphatic rings. The predicted octanol–water partition coefficient (Wildman–Crippen LogP) is -0.431. The van der Waals surface area contributed by atoms with Gasteiger partial charge in [-0.05, 0) is 36.1 Å². The first kappa shape index (κ1) is 23.5. The van der Waals surface area contributed by atoms with E-state index in [1.807, 2.05) is 12.1 Å². The monoisotopic (exact) mass is 394 g/mol. The van der Waals surface area contributed by atoms with Crippen LogP contribution < -0.4 is 27.4 Å². The molecule has 0 atom stereocenters. The summed E-state index contributed by atoms with van der Waals surface area (Å²) in [5, 5.41) is 3.11. The zero-order chi connectivity index (χ0) is 18.8. The lowest BCUT2D eigenvalue weighted by atomic mass is 9.97. The lowest BCUT2D eigenvalue weighted by Crippen LogP contribution is -3.10. The van der Waals surface area contributed by atoms with Crippen LogP contribution in [0.3, 0.4) is 0 Å². The third kappa shape index (κ3) is 7.19. The molecule has 1 aliphatic heterocycles. The molecular weight excluding hydrogens is 360 g/mol. The Balaban J connectivity index is 0.00000364. The second kappa shape index (κ2) is 12.8. The van der Waals surface area contributed by atoms with Gasteiger partial charge in [0.15, 0.2) is 0 Å². The summed E-state index contributed by atoms with van der Waals surface area (Å²) < 4.78 is 5.95. The number of likely N-dealkylation sites (tertiary alicyclic amines) is 1. The number of rotatable bonds is 11. The number of benzene rings is 1. The molecule has 0 saturated carbocycles. The Morgan fingerprint density at radius 3 is 2.30 bits per heavy atom. The summed E-state index contributed by atoms with van der Waals surface area (Å²) in [7, 11) is 0. The van der Waals surface area contributed by atoms with Crippen LogP contribution in [0.15, 0.2) is 24.8 Å². The third-order valence-corrected chi connectivity index (χ3v) is 4.96. The van der Waals surface area contributed by atoms with E-state index in [4.69, 9.17) is 4.74 Å². The van der Waals surface area contributed by atoms with Crippen molar-refractivity contribution in [3.63, 3.8) is 0 Å². The lowest BCUT2D eigenvalue weighted by Gasteiger charge is -2.17. The number of amides is 1. The molecule has 2 N–H and O–H groups in total. The van der Waals surface area contributed by atoms with Crippen molar-refractivity contribution < 1.29 is 26.8 Å². The standard InChI is InChI=1S/C22H34N2O2.ClH/c1-4-9-18-16-20(17-19(10-5-2)21(18)26-15-6-3)22(25)23-11-14-24-12-7-8-13-24;/h6,16-17H,3-5,7-15H2,1-2H3,(H,23,25);1H. The highest BCUT2D eigenvalue weighted by molar-refractivity contribution is 5.95. The molecule has 1 fully saturated rings. The van der Waals surface area contributed by atoms with E-state index < -0.39 is 0 Å². The summed E-state index contributed by atoms with van der Waals surface area (Å²) in [6.07, 6.45) is 8.29. The number of nitrogens with one attached hydrogen (secondary N) is 2. The Hall–Kier alpha value is -1.52. The fourth-order valence-electron chi connectivity index (χ4n) is 3.70. The highest BCUT2D eigenvalue weighted by Gasteiger charge is 2.17. The van der Waals surface area contributed by atoms with Crippen LogP contribution in [-0.2, 0) is 12.8 Å². The molecule has 1 aromatic carbocycles. The van der Waals surface area contributed by atoms with Crippen molar-refractivity contribution in [2.45, 2.75) is 52.4 Å². The zero-order valence-electron chi connectivity index (χ0n) is 16.9. The first-order valence-corrected chi connectivity index (χ1v) is 10.2. The van der Waals surface area contributed by atoms with Crippen LogP contribution in [-0.4, -0.2) is 38.7 Å². The third-order valence-electron chi connectivity index (χ3n) is 4.96. The molecular formula is C22H35ClN2O2. The highest BCUT2D eigenvalue weighted by Crippen LogP contribution is 2.29. The van der Waals surface area contributed by atoms with Crippen LogP contribution in [0.4, 0.5) is 0 Å². The predicted molar refractivity (Wildman–Crippen MR) is 107 cm³/mol. The topological polar surface area (TPSA) is 42.8 Å². The van der Waals surface area contributed by atoms with E-state index in [0.29, 0.717) is 6.61 Å². The molecule has 0 spiro atoms. The minimum Gasteiger partial charge on any atom is -1.00 e. The molecule has 152 valence electrons. The zero-order valence-corrected chi connectivity index (χ0v) is 17.7. The normalized spacial score (nSPS) is 13.9. The van der Waals surface area contributed by atoms with Gasteiger partial charge in [-0.2, -0.15) is 0 Å². The van der Waals surface area contributed by atoms with Crippen molar-refractivity contribution in [2.24, 2.45) is 0 Å². The quantitative estimate of drug-likeness (QED) is 0.500. The number of carbonyl (C=O) groups is 1. The summed E-state index contributed by atoms with van der Waals surface area (Å²) in [4.78, 5) is 14.3. The number of aryl methyl sites for hydroxylation is 2. The first-order chi connectivity index (χ1) is 12.7. The average molecular weight is 395 g/mol. The molecule has 27 heavy (non-hydrogen) atoms. The van der Waals surface area contributed by atoms with Crippen molar-refractivity contribution in [1.82, 2.24) is 5.32 Å². The van der Waals surface area contributed by atoms with E-state index in [-0.39, 0.29) is 18.3 Å². The molecule has 1 aromatic rings. The van der Waals surface area contributed by atoms with E-state index >= 15 is 0 Å². The Bertz CT molecular complexity index is 571. The summed E-state index contributed by atoms with van der Waals surface area (Å²) in [5.74, 6) is 0.986. The van der Waals surface area contributed by atoms with Gasteiger partial charge in [0.25, 0.3) is 5.91 Å². The largest absolute Gasteiger partial charge is 1.00 e. The fourth-order valence-corrected chi connectivity index (χ4v) is 3.70. The highest BCUT2D eigenvalue weighted by atomic mass is 35.5. The van der Waals surface area contributed by atoms with Crippen LogP contribution in [0.2, 0.25) is 0 Å². The van der Waals surface area contributed by atoms with Gasteiger partial charge in [0.05, 0.1) is 26.2 Å². The van der Waals surface area contributed by atoms with Gasteiger partial charge < -0.3 is 27.4 Å². The summed E-state index contributed by atoms with van der Waals surface area (Å²) in [6.45, 7) is 12.8. The second-order valence-corrected chi connectivity index (χ2v) is 7.19. The maximum Gasteiger partial charge on any atom is 0.251 e. The Morgan fingerprint density at radius 1 is 1.19 bits per heavy atom. The molecule has 1 saturated heterocycles. The minimum atomic E-state index is 0. The van der Waals surface area contributed by atoms with E-state index in [1.165, 1.54) is 25.9 Å². The van der Waals surface area contributed by atoms with Crippen LogP contribution in [0, 0.1) is 0 Å². The fraction of sp³-hybridized carbons (Fsp3) is 0.591. The van der Waals surface area contributed by atoms with Gasteiger partial charge in [0, 0.05) is 18.4 Å². The van der Waals surface area contributed by atoms with Gasteiger partial charge in [-0.15, -0.1) is 0 Å². The first-order valence-electron chi connectivity index (χ1n) is 10.2. The summed E-state index contributed by atoms with van der Waals surface area (Å²) in [6, 6.07) is 4.03. The van der Waals surface area contributed by atoms with E-state index in [0.717, 1.165) is 61.2 Å². The molecule has 2 rings (SSSR count). The SMILES string of the molecule is C=CCOc1c(CCC)cc(C(=O)NCC[NH+]2CCCC2)cc1CCC.[Cl-]. The molecule has 0 bridgehead atoms. The molecule has 0 radical (unpaired) electrons. The molecule has 5 heteroatoms. The van der Waals surface area contributed by atoms with E-state index in [1.54, 1.807) is 11.0 Å². The van der Waals surface area contributed by atoms with Crippen molar-refractivity contribution in [2.75, 3.05) is 32.8 Å². The van der Waals surface area contributed by atoms with Crippen LogP contribution in [0.1, 0.15) is 61.0 Å². The summed E-state index contributed by atoms with van der Waals surface area (Å²) in [5.41, 5.74) is 3.03. The van der Waals surface area contributed by atoms with Gasteiger partial charge in [-0.25, -0.2) is 0 Å². The van der Waals surface area contributed by atoms with Gasteiger partial charge in [-0.3, -0.25) is 4.79 Å². The number of carbonyl (C=O) groups excluding carboxylic acids is 1. The van der Waals surface area contributed by atoms with Crippen molar-refractivity contribution >= 4 is 5.91 Å². The van der Waals surface area contributed by atoms with Crippen LogP contribution >= 0.6 is 0 Å². The summed E-state index contributed by atoms with van der Waals surface area (Å²) >= 11 is 0. The molecule has 0 aromatic heterocycles. The lowest BCUT2D eigenvalue weighted by molar-refractivity contribution is -0.886. The smallest absolute Gasteiger partial charge is 0.251 e. The second-order valence-electron chi connectivity index (χ2n) is 7.19. The molecule has 1 heterocycles. The molecule has 0 aliphatic carbocycles. The van der Waals surface area contributed by atoms with Crippen molar-refractivity contribution in [3.8, 4) is 5.75 Å². The Morgan fingerprint density at radius 2 is 1.78 bits per heavy atom. The number of halogens is 1. The molecule has 1 amide bonds.